The van der Waals surface area contributed by atoms with E-state index in [1.807, 2.05) is 0 Å². The molecule has 14 heavy (non-hydrogen) atoms. The first-order valence-electron chi connectivity index (χ1n) is 3.96. The Hall–Kier alpha value is -0.730. The zero-order chi connectivity index (χ0) is 10.7. The minimum absolute atomic E-state index is 0.0177. The molecule has 1 rings (SSSR count). The smallest absolute Gasteiger partial charge is 0.175 e. The second-order valence-corrected chi connectivity index (χ2v) is 3.39. The average Bonchev–Trinajstić information content (AvgIpc) is 2.18. The molecule has 1 nitrogen and oxygen atoms in total. The largest absolute Gasteiger partial charge is 0.492 e. The maximum Gasteiger partial charge on any atom is 0.175 e. The van der Waals surface area contributed by atoms with Crippen LogP contribution in [0.3, 0.4) is 0 Å². The third-order valence-corrected chi connectivity index (χ3v) is 2.48. The van der Waals surface area contributed by atoms with Gasteiger partial charge in [-0.2, -0.15) is 0 Å². The van der Waals surface area contributed by atoms with E-state index in [-0.39, 0.29) is 16.3 Å². The predicted octanol–water partition coefficient (Wildman–Crippen LogP) is 4.09. The molecule has 0 heterocycles. The van der Waals surface area contributed by atoms with Gasteiger partial charge in [-0.1, -0.05) is 29.3 Å². The molecule has 1 aromatic carbocycles. The lowest BCUT2D eigenvalue weighted by molar-refractivity contribution is 0.386. The number of allylic oxidation sites excluding steroid dienone is 1. The summed E-state index contributed by atoms with van der Waals surface area (Å²) in [6, 6.07) is 3.06. The van der Waals surface area contributed by atoms with Crippen LogP contribution in [-0.4, -0.2) is 7.11 Å². The molecule has 1 aromatic rings. The van der Waals surface area contributed by atoms with Gasteiger partial charge in [0.25, 0.3) is 0 Å². The summed E-state index contributed by atoms with van der Waals surface area (Å²) >= 11 is 11.5. The highest BCUT2D eigenvalue weighted by Gasteiger charge is 2.14. The summed E-state index contributed by atoms with van der Waals surface area (Å²) in [6.07, 6.45) is 1.60. The lowest BCUT2D eigenvalue weighted by Crippen LogP contribution is -1.93. The van der Waals surface area contributed by atoms with Crippen molar-refractivity contribution in [2.45, 2.75) is 6.92 Å². The Bertz CT molecular complexity index is 375. The molecular formula is C10H9Cl2FO. The highest BCUT2D eigenvalue weighted by Crippen LogP contribution is 2.33. The van der Waals surface area contributed by atoms with Crippen molar-refractivity contribution < 1.29 is 9.13 Å². The Balaban J connectivity index is 3.35. The van der Waals surface area contributed by atoms with Crippen molar-refractivity contribution in [2.24, 2.45) is 0 Å². The normalized spacial score (nSPS) is 11.6. The summed E-state index contributed by atoms with van der Waals surface area (Å²) in [6.45, 7) is 1.73. The maximum absolute atomic E-state index is 13.6. The third-order valence-electron chi connectivity index (χ3n) is 1.76. The Morgan fingerprint density at radius 3 is 2.64 bits per heavy atom. The van der Waals surface area contributed by atoms with E-state index in [0.717, 1.165) is 0 Å². The predicted molar refractivity (Wildman–Crippen MR) is 57.5 cm³/mol. The number of hydrogen-bond donors (Lipinski definition) is 0. The first kappa shape index (κ1) is 11.3. The second-order valence-electron chi connectivity index (χ2n) is 2.58. The molecule has 0 aliphatic carbocycles. The fraction of sp³-hybridized carbons (Fsp3) is 0.200. The van der Waals surface area contributed by atoms with Crippen molar-refractivity contribution in [3.05, 3.63) is 34.6 Å². The molecule has 0 aliphatic heterocycles. The topological polar surface area (TPSA) is 9.23 Å². The van der Waals surface area contributed by atoms with Gasteiger partial charge in [0.05, 0.1) is 12.1 Å². The minimum atomic E-state index is -0.539. The van der Waals surface area contributed by atoms with E-state index in [9.17, 15) is 4.39 Å². The van der Waals surface area contributed by atoms with Gasteiger partial charge >= 0.3 is 0 Å². The van der Waals surface area contributed by atoms with Crippen LogP contribution in [0.5, 0.6) is 5.75 Å². The number of methoxy groups -OCH3 is 1. The van der Waals surface area contributed by atoms with Gasteiger partial charge in [0.15, 0.2) is 11.6 Å². The zero-order valence-electron chi connectivity index (χ0n) is 7.77. The Kier molecular flexibility index (Phi) is 3.78. The number of rotatable bonds is 2. The van der Waals surface area contributed by atoms with Crippen molar-refractivity contribution in [3.8, 4) is 5.75 Å². The molecule has 0 aliphatic rings. The molecule has 0 bridgehead atoms. The summed E-state index contributed by atoms with van der Waals surface area (Å²) in [5.74, 6) is -0.521. The van der Waals surface area contributed by atoms with Crippen molar-refractivity contribution in [1.82, 2.24) is 0 Å². The van der Waals surface area contributed by atoms with Crippen LogP contribution in [0, 0.1) is 5.82 Å². The number of halogens is 3. The molecule has 0 saturated carbocycles. The van der Waals surface area contributed by atoms with Gasteiger partial charge in [0.2, 0.25) is 0 Å². The Labute approximate surface area is 92.1 Å². The van der Waals surface area contributed by atoms with Crippen LogP contribution in [0.2, 0.25) is 5.02 Å². The molecule has 0 amide bonds. The SMILES string of the molecule is C/C=C(\Cl)c1ccc(Cl)c(OC)c1F. The van der Waals surface area contributed by atoms with Crippen LogP contribution in [0.1, 0.15) is 12.5 Å². The molecule has 0 fully saturated rings. The van der Waals surface area contributed by atoms with Crippen LogP contribution in [-0.2, 0) is 0 Å². The van der Waals surface area contributed by atoms with Crippen LogP contribution in [0.4, 0.5) is 4.39 Å². The molecule has 0 radical (unpaired) electrons. The Morgan fingerprint density at radius 1 is 1.50 bits per heavy atom. The van der Waals surface area contributed by atoms with E-state index in [1.165, 1.54) is 13.2 Å². The first-order chi connectivity index (χ1) is 6.61. The van der Waals surface area contributed by atoms with Gasteiger partial charge < -0.3 is 4.74 Å². The van der Waals surface area contributed by atoms with Gasteiger partial charge in [-0.05, 0) is 19.1 Å². The van der Waals surface area contributed by atoms with E-state index in [4.69, 9.17) is 27.9 Å². The monoisotopic (exact) mass is 234 g/mol. The molecular weight excluding hydrogens is 226 g/mol. The fourth-order valence-corrected chi connectivity index (χ4v) is 1.43. The molecule has 0 saturated heterocycles. The highest BCUT2D eigenvalue weighted by molar-refractivity contribution is 6.48. The van der Waals surface area contributed by atoms with Crippen LogP contribution >= 0.6 is 23.2 Å². The maximum atomic E-state index is 13.6. The van der Waals surface area contributed by atoms with Crippen molar-refractivity contribution in [1.29, 1.82) is 0 Å². The van der Waals surface area contributed by atoms with E-state index in [0.29, 0.717) is 5.03 Å². The third kappa shape index (κ3) is 2.02. The quantitative estimate of drug-likeness (QED) is 0.750. The minimum Gasteiger partial charge on any atom is -0.492 e. The summed E-state index contributed by atoms with van der Waals surface area (Å²) < 4.78 is 18.5. The zero-order valence-corrected chi connectivity index (χ0v) is 9.29. The lowest BCUT2D eigenvalue weighted by atomic mass is 10.2. The van der Waals surface area contributed by atoms with E-state index in [1.54, 1.807) is 19.1 Å². The molecule has 0 spiro atoms. The number of ether oxygens (including phenoxy) is 1. The van der Waals surface area contributed by atoms with E-state index < -0.39 is 5.82 Å². The molecule has 4 heteroatoms. The van der Waals surface area contributed by atoms with Gasteiger partial charge in [0, 0.05) is 10.6 Å². The molecule has 76 valence electrons. The number of hydrogen-bond acceptors (Lipinski definition) is 1. The highest BCUT2D eigenvalue weighted by atomic mass is 35.5. The standard InChI is InChI=1S/C10H9Cl2FO/c1-3-7(11)6-4-5-8(12)10(14-2)9(6)13/h3-5H,1-2H3/b7-3-. The molecule has 0 aromatic heterocycles. The van der Waals surface area contributed by atoms with Crippen molar-refractivity contribution in [2.75, 3.05) is 7.11 Å². The van der Waals surface area contributed by atoms with Crippen LogP contribution < -0.4 is 4.74 Å². The summed E-state index contributed by atoms with van der Waals surface area (Å²) in [5, 5.41) is 0.562. The lowest BCUT2D eigenvalue weighted by Gasteiger charge is -2.08. The number of benzene rings is 1. The summed E-state index contributed by atoms with van der Waals surface area (Å²) in [7, 11) is 1.36. The van der Waals surface area contributed by atoms with Gasteiger partial charge in [-0.25, -0.2) is 4.39 Å². The van der Waals surface area contributed by atoms with Crippen molar-refractivity contribution >= 4 is 28.2 Å². The molecule has 0 atom stereocenters. The van der Waals surface area contributed by atoms with Gasteiger partial charge in [-0.15, -0.1) is 0 Å². The van der Waals surface area contributed by atoms with Gasteiger partial charge in [0.1, 0.15) is 0 Å². The second kappa shape index (κ2) is 4.67. The summed E-state index contributed by atoms with van der Waals surface area (Å²) in [5.41, 5.74) is 0.287. The van der Waals surface area contributed by atoms with Gasteiger partial charge in [-0.3, -0.25) is 0 Å². The van der Waals surface area contributed by atoms with Crippen molar-refractivity contribution in [3.63, 3.8) is 0 Å². The van der Waals surface area contributed by atoms with Crippen LogP contribution in [0.15, 0.2) is 18.2 Å². The molecule has 0 N–H and O–H groups in total. The summed E-state index contributed by atoms with van der Waals surface area (Å²) in [4.78, 5) is 0. The first-order valence-corrected chi connectivity index (χ1v) is 4.71. The van der Waals surface area contributed by atoms with E-state index >= 15 is 0 Å². The molecule has 0 unspecified atom stereocenters. The van der Waals surface area contributed by atoms with E-state index in [2.05, 4.69) is 0 Å². The van der Waals surface area contributed by atoms with Crippen LogP contribution in [0.25, 0.3) is 5.03 Å². The fourth-order valence-electron chi connectivity index (χ4n) is 1.06. The average molecular weight is 235 g/mol. The Morgan fingerprint density at radius 2 is 2.14 bits per heavy atom.